The Morgan fingerprint density at radius 1 is 1.28 bits per heavy atom. The Bertz CT molecular complexity index is 419. The second-order valence-corrected chi connectivity index (χ2v) is 5.42. The van der Waals surface area contributed by atoms with Crippen molar-refractivity contribution in [2.24, 2.45) is 11.7 Å². The summed E-state index contributed by atoms with van der Waals surface area (Å²) in [5.74, 6) is 2.32. The number of hydrogen-bond acceptors (Lipinski definition) is 3. The van der Waals surface area contributed by atoms with Crippen molar-refractivity contribution in [1.82, 2.24) is 0 Å². The van der Waals surface area contributed by atoms with Crippen molar-refractivity contribution in [1.29, 1.82) is 0 Å². The molecule has 1 fully saturated rings. The predicted octanol–water partition coefficient (Wildman–Crippen LogP) is 3.07. The summed E-state index contributed by atoms with van der Waals surface area (Å²) in [6.45, 7) is 2.27. The lowest BCUT2D eigenvalue weighted by molar-refractivity contribution is 0.232. The van der Waals surface area contributed by atoms with Crippen LogP contribution in [0.4, 0.5) is 0 Å². The lowest BCUT2D eigenvalue weighted by atomic mass is 9.73. The summed E-state index contributed by atoms with van der Waals surface area (Å²) in [7, 11) is 3.35. The summed E-state index contributed by atoms with van der Waals surface area (Å²) in [5, 5.41) is 0. The van der Waals surface area contributed by atoms with Crippen LogP contribution in [-0.2, 0) is 5.54 Å². The minimum Gasteiger partial charge on any atom is -0.497 e. The van der Waals surface area contributed by atoms with Gasteiger partial charge >= 0.3 is 0 Å². The van der Waals surface area contributed by atoms with Crippen LogP contribution in [-0.4, -0.2) is 14.2 Å². The fraction of sp³-hybridized carbons (Fsp3) is 0.600. The first kappa shape index (κ1) is 13.2. The molecule has 0 radical (unpaired) electrons. The summed E-state index contributed by atoms with van der Waals surface area (Å²) in [6.07, 6.45) is 4.51. The zero-order valence-corrected chi connectivity index (χ0v) is 11.5. The zero-order valence-electron chi connectivity index (χ0n) is 11.5. The van der Waals surface area contributed by atoms with Gasteiger partial charge in [-0.2, -0.15) is 0 Å². The van der Waals surface area contributed by atoms with Gasteiger partial charge in [-0.1, -0.05) is 19.8 Å². The van der Waals surface area contributed by atoms with E-state index in [1.165, 1.54) is 12.8 Å². The van der Waals surface area contributed by atoms with Gasteiger partial charge in [0.2, 0.25) is 0 Å². The van der Waals surface area contributed by atoms with Crippen molar-refractivity contribution in [2.75, 3.05) is 14.2 Å². The van der Waals surface area contributed by atoms with E-state index in [1.54, 1.807) is 14.2 Å². The van der Waals surface area contributed by atoms with E-state index in [0.717, 1.165) is 29.9 Å². The topological polar surface area (TPSA) is 44.5 Å². The fourth-order valence-electron chi connectivity index (χ4n) is 3.05. The molecular weight excluding hydrogens is 226 g/mol. The van der Waals surface area contributed by atoms with Gasteiger partial charge in [0.15, 0.2) is 0 Å². The van der Waals surface area contributed by atoms with E-state index in [2.05, 4.69) is 13.0 Å². The summed E-state index contributed by atoms with van der Waals surface area (Å²) < 4.78 is 10.7. The van der Waals surface area contributed by atoms with E-state index in [1.807, 2.05) is 12.1 Å². The maximum atomic E-state index is 6.62. The molecule has 0 aliphatic heterocycles. The molecule has 3 heteroatoms. The Kier molecular flexibility index (Phi) is 3.81. The van der Waals surface area contributed by atoms with E-state index >= 15 is 0 Å². The first-order valence-electron chi connectivity index (χ1n) is 6.60. The van der Waals surface area contributed by atoms with Gasteiger partial charge in [0.05, 0.1) is 14.2 Å². The second-order valence-electron chi connectivity index (χ2n) is 5.42. The van der Waals surface area contributed by atoms with Gasteiger partial charge < -0.3 is 15.2 Å². The van der Waals surface area contributed by atoms with Gasteiger partial charge in [-0.25, -0.2) is 0 Å². The molecule has 1 aliphatic carbocycles. The largest absolute Gasteiger partial charge is 0.497 e. The number of benzene rings is 1. The van der Waals surface area contributed by atoms with Crippen molar-refractivity contribution in [3.63, 3.8) is 0 Å². The molecule has 1 aliphatic rings. The highest BCUT2D eigenvalue weighted by atomic mass is 16.5. The minimum absolute atomic E-state index is 0.255. The third kappa shape index (κ3) is 2.46. The third-order valence-corrected chi connectivity index (χ3v) is 3.98. The molecule has 0 heterocycles. The molecule has 0 bridgehead atoms. The van der Waals surface area contributed by atoms with Gasteiger partial charge in [-0.15, -0.1) is 0 Å². The maximum absolute atomic E-state index is 6.62. The second kappa shape index (κ2) is 5.19. The van der Waals surface area contributed by atoms with Crippen molar-refractivity contribution < 1.29 is 9.47 Å². The highest BCUT2D eigenvalue weighted by molar-refractivity contribution is 5.44. The standard InChI is InChI=1S/C15H23NO2/c1-11-5-4-8-15(16,10-11)13-7-6-12(17-2)9-14(13)18-3/h6-7,9,11H,4-5,8,10,16H2,1-3H3. The number of hydrogen-bond donors (Lipinski definition) is 1. The Morgan fingerprint density at radius 2 is 2.06 bits per heavy atom. The number of ether oxygens (including phenoxy) is 2. The lowest BCUT2D eigenvalue weighted by Gasteiger charge is -2.38. The summed E-state index contributed by atoms with van der Waals surface area (Å²) >= 11 is 0. The Hall–Kier alpha value is -1.22. The first-order valence-corrected chi connectivity index (χ1v) is 6.60. The van der Waals surface area contributed by atoms with Gasteiger partial charge in [0.25, 0.3) is 0 Å². The quantitative estimate of drug-likeness (QED) is 0.895. The van der Waals surface area contributed by atoms with E-state index in [9.17, 15) is 0 Å². The van der Waals surface area contributed by atoms with E-state index in [-0.39, 0.29) is 5.54 Å². The van der Waals surface area contributed by atoms with Crippen LogP contribution in [0.2, 0.25) is 0 Å². The number of methoxy groups -OCH3 is 2. The molecule has 2 N–H and O–H groups in total. The van der Waals surface area contributed by atoms with Crippen molar-refractivity contribution in [3.8, 4) is 11.5 Å². The van der Waals surface area contributed by atoms with Crippen molar-refractivity contribution in [2.45, 2.75) is 38.1 Å². The fourth-order valence-corrected chi connectivity index (χ4v) is 3.05. The molecule has 1 saturated carbocycles. The molecule has 100 valence electrons. The monoisotopic (exact) mass is 249 g/mol. The lowest BCUT2D eigenvalue weighted by Crippen LogP contribution is -2.41. The summed E-state index contributed by atoms with van der Waals surface area (Å²) in [6, 6.07) is 5.94. The molecule has 2 atom stereocenters. The predicted molar refractivity (Wildman–Crippen MR) is 73.0 cm³/mol. The van der Waals surface area contributed by atoms with Gasteiger partial charge in [-0.3, -0.25) is 0 Å². The van der Waals surface area contributed by atoms with E-state index < -0.39 is 0 Å². The Morgan fingerprint density at radius 3 is 2.67 bits per heavy atom. The third-order valence-electron chi connectivity index (χ3n) is 3.98. The first-order chi connectivity index (χ1) is 8.59. The van der Waals surface area contributed by atoms with E-state index in [0.29, 0.717) is 5.92 Å². The number of nitrogens with two attached hydrogens (primary N) is 1. The van der Waals surface area contributed by atoms with Gasteiger partial charge in [-0.05, 0) is 30.9 Å². The molecule has 2 unspecified atom stereocenters. The van der Waals surface area contributed by atoms with Gasteiger partial charge in [0.1, 0.15) is 11.5 Å². The summed E-state index contributed by atoms with van der Waals surface area (Å²) in [5.41, 5.74) is 7.47. The Balaban J connectivity index is 2.36. The average molecular weight is 249 g/mol. The molecular formula is C15H23NO2. The SMILES string of the molecule is COc1ccc(C2(N)CCCC(C)C2)c(OC)c1. The van der Waals surface area contributed by atoms with Crippen LogP contribution in [0.3, 0.4) is 0 Å². The normalized spacial score (nSPS) is 27.9. The van der Waals surface area contributed by atoms with Crippen molar-refractivity contribution in [3.05, 3.63) is 23.8 Å². The Labute approximate surface area is 109 Å². The molecule has 18 heavy (non-hydrogen) atoms. The molecule has 1 aromatic rings. The van der Waals surface area contributed by atoms with Crippen LogP contribution in [0.5, 0.6) is 11.5 Å². The molecule has 1 aromatic carbocycles. The minimum atomic E-state index is -0.255. The van der Waals surface area contributed by atoms with Crippen LogP contribution in [0, 0.1) is 5.92 Å². The van der Waals surface area contributed by atoms with Crippen LogP contribution < -0.4 is 15.2 Å². The molecule has 0 amide bonds. The van der Waals surface area contributed by atoms with Crippen LogP contribution in [0.1, 0.15) is 38.2 Å². The molecule has 0 saturated heterocycles. The van der Waals surface area contributed by atoms with Gasteiger partial charge in [0, 0.05) is 17.2 Å². The molecule has 3 nitrogen and oxygen atoms in total. The number of rotatable bonds is 3. The van der Waals surface area contributed by atoms with Crippen molar-refractivity contribution >= 4 is 0 Å². The summed E-state index contributed by atoms with van der Waals surface area (Å²) in [4.78, 5) is 0. The van der Waals surface area contributed by atoms with Crippen LogP contribution in [0.15, 0.2) is 18.2 Å². The highest BCUT2D eigenvalue weighted by Gasteiger charge is 2.34. The molecule has 2 rings (SSSR count). The zero-order chi connectivity index (χ0) is 13.2. The molecule has 0 spiro atoms. The van der Waals surface area contributed by atoms with E-state index in [4.69, 9.17) is 15.2 Å². The smallest absolute Gasteiger partial charge is 0.127 e. The maximum Gasteiger partial charge on any atom is 0.127 e. The van der Waals surface area contributed by atoms with Crippen LogP contribution in [0.25, 0.3) is 0 Å². The highest BCUT2D eigenvalue weighted by Crippen LogP contribution is 2.42. The average Bonchev–Trinajstić information content (AvgIpc) is 2.37. The van der Waals surface area contributed by atoms with Crippen LogP contribution >= 0.6 is 0 Å². The molecule has 0 aromatic heterocycles.